The Morgan fingerprint density at radius 2 is 2.55 bits per heavy atom. The summed E-state index contributed by atoms with van der Waals surface area (Å²) in [6, 6.07) is 6.24. The van der Waals surface area contributed by atoms with Crippen LogP contribution in [0.3, 0.4) is 0 Å². The molecule has 1 aromatic carbocycles. The summed E-state index contributed by atoms with van der Waals surface area (Å²) in [5.74, 6) is 1.32. The number of phenolic OH excluding ortho intramolecular Hbond substituents is 1. The van der Waals surface area contributed by atoms with Gasteiger partial charge in [-0.15, -0.1) is 0 Å². The topological polar surface area (TPSA) is 29.5 Å². The van der Waals surface area contributed by atoms with Crippen LogP contribution in [0.1, 0.15) is 18.4 Å². The molecule has 1 heterocycles. The van der Waals surface area contributed by atoms with Crippen molar-refractivity contribution >= 4 is 0 Å². The fraction of sp³-hybridized carbons (Fsp3) is 0.333. The maximum Gasteiger partial charge on any atom is 0.130 e. The summed E-state index contributed by atoms with van der Waals surface area (Å²) in [5, 5.41) is 9.37. The minimum Gasteiger partial charge on any atom is -0.507 e. The number of hydrogen-bond acceptors (Lipinski definition) is 2. The molecule has 1 aliphatic heterocycles. The monoisotopic (exact) mass is 149 g/mol. The van der Waals surface area contributed by atoms with Gasteiger partial charge in [0.15, 0.2) is 0 Å². The van der Waals surface area contributed by atoms with E-state index in [4.69, 9.17) is 4.74 Å². The third-order valence-corrected chi connectivity index (χ3v) is 1.96. The standard InChI is InChI=1S/C9H9O2/c1-6-5-11-8-4-2-3-7(10)9(6)8/h2,4,6,10H,5H2,1H3. The lowest BCUT2D eigenvalue weighted by Gasteiger charge is -2.01. The number of hydrogen-bond donors (Lipinski definition) is 1. The van der Waals surface area contributed by atoms with Gasteiger partial charge in [0.1, 0.15) is 11.5 Å². The summed E-state index contributed by atoms with van der Waals surface area (Å²) in [6.07, 6.45) is 0. The predicted octanol–water partition coefficient (Wildman–Crippen LogP) is 1.69. The second kappa shape index (κ2) is 2.16. The van der Waals surface area contributed by atoms with Crippen molar-refractivity contribution < 1.29 is 9.84 Å². The highest BCUT2D eigenvalue weighted by atomic mass is 16.5. The maximum atomic E-state index is 9.37. The zero-order valence-corrected chi connectivity index (χ0v) is 6.29. The van der Waals surface area contributed by atoms with Crippen molar-refractivity contribution in [1.29, 1.82) is 0 Å². The fourth-order valence-corrected chi connectivity index (χ4v) is 1.38. The fourth-order valence-electron chi connectivity index (χ4n) is 1.38. The molecule has 1 atom stereocenters. The minimum atomic E-state index is 0.229. The molecule has 0 bridgehead atoms. The SMILES string of the molecule is CC1COc2cc[c]c(O)c21. The van der Waals surface area contributed by atoms with Crippen LogP contribution >= 0.6 is 0 Å². The number of phenols is 1. The molecule has 2 rings (SSSR count). The van der Waals surface area contributed by atoms with E-state index in [-0.39, 0.29) is 5.75 Å². The average molecular weight is 149 g/mol. The van der Waals surface area contributed by atoms with E-state index >= 15 is 0 Å². The lowest BCUT2D eigenvalue weighted by atomic mass is 10.0. The van der Waals surface area contributed by atoms with E-state index in [9.17, 15) is 5.11 Å². The molecular weight excluding hydrogens is 140 g/mol. The van der Waals surface area contributed by atoms with Crippen molar-refractivity contribution in [1.82, 2.24) is 0 Å². The summed E-state index contributed by atoms with van der Waals surface area (Å²) in [7, 11) is 0. The summed E-state index contributed by atoms with van der Waals surface area (Å²) in [6.45, 7) is 2.69. The highest BCUT2D eigenvalue weighted by Gasteiger charge is 2.22. The summed E-state index contributed by atoms with van der Waals surface area (Å²) < 4.78 is 5.31. The molecule has 0 aliphatic carbocycles. The lowest BCUT2D eigenvalue weighted by molar-refractivity contribution is 0.337. The highest BCUT2D eigenvalue weighted by Crippen LogP contribution is 2.38. The van der Waals surface area contributed by atoms with Gasteiger partial charge in [-0.3, -0.25) is 0 Å². The van der Waals surface area contributed by atoms with Crippen LogP contribution in [-0.2, 0) is 0 Å². The lowest BCUT2D eigenvalue weighted by Crippen LogP contribution is -1.93. The number of rotatable bonds is 0. The number of ether oxygens (including phenoxy) is 1. The van der Waals surface area contributed by atoms with Gasteiger partial charge in [0, 0.05) is 17.5 Å². The molecule has 1 radical (unpaired) electrons. The summed E-state index contributed by atoms with van der Waals surface area (Å²) >= 11 is 0. The van der Waals surface area contributed by atoms with Crippen molar-refractivity contribution in [3.63, 3.8) is 0 Å². The zero-order valence-electron chi connectivity index (χ0n) is 6.29. The molecule has 1 aliphatic rings. The van der Waals surface area contributed by atoms with E-state index in [0.29, 0.717) is 12.5 Å². The first-order valence-corrected chi connectivity index (χ1v) is 3.65. The van der Waals surface area contributed by atoms with Gasteiger partial charge in [-0.25, -0.2) is 0 Å². The molecule has 0 saturated carbocycles. The molecular formula is C9H9O2. The molecule has 1 unspecified atom stereocenters. The van der Waals surface area contributed by atoms with Crippen LogP contribution in [0.4, 0.5) is 0 Å². The van der Waals surface area contributed by atoms with Gasteiger partial charge in [-0.1, -0.05) is 6.92 Å². The second-order valence-corrected chi connectivity index (χ2v) is 2.82. The normalized spacial score (nSPS) is 21.0. The van der Waals surface area contributed by atoms with Crippen molar-refractivity contribution in [2.45, 2.75) is 12.8 Å². The van der Waals surface area contributed by atoms with Gasteiger partial charge < -0.3 is 9.84 Å². The number of benzene rings is 1. The average Bonchev–Trinajstić information content (AvgIpc) is 2.34. The Hall–Kier alpha value is -1.18. The molecule has 1 aromatic rings. The van der Waals surface area contributed by atoms with Gasteiger partial charge in [-0.2, -0.15) is 0 Å². The van der Waals surface area contributed by atoms with E-state index in [1.165, 1.54) is 0 Å². The van der Waals surface area contributed by atoms with Gasteiger partial charge in [0.05, 0.1) is 6.61 Å². The Balaban J connectivity index is 2.58. The Labute approximate surface area is 65.4 Å². The Bertz CT molecular complexity index is 281. The molecule has 1 N–H and O–H groups in total. The molecule has 0 amide bonds. The van der Waals surface area contributed by atoms with Crippen LogP contribution in [-0.4, -0.2) is 11.7 Å². The molecule has 2 nitrogen and oxygen atoms in total. The van der Waals surface area contributed by atoms with E-state index < -0.39 is 0 Å². The minimum absolute atomic E-state index is 0.229. The van der Waals surface area contributed by atoms with E-state index in [2.05, 4.69) is 6.07 Å². The third-order valence-electron chi connectivity index (χ3n) is 1.96. The van der Waals surface area contributed by atoms with Crippen molar-refractivity contribution in [3.05, 3.63) is 23.8 Å². The van der Waals surface area contributed by atoms with Crippen LogP contribution < -0.4 is 4.74 Å². The van der Waals surface area contributed by atoms with Gasteiger partial charge >= 0.3 is 0 Å². The highest BCUT2D eigenvalue weighted by molar-refractivity contribution is 5.47. The Kier molecular flexibility index (Phi) is 1.28. The van der Waals surface area contributed by atoms with Crippen LogP contribution in [0.15, 0.2) is 12.1 Å². The molecule has 0 fully saturated rings. The van der Waals surface area contributed by atoms with Crippen molar-refractivity contribution in [2.24, 2.45) is 0 Å². The zero-order chi connectivity index (χ0) is 7.84. The first-order valence-electron chi connectivity index (χ1n) is 3.65. The summed E-state index contributed by atoms with van der Waals surface area (Å²) in [4.78, 5) is 0. The van der Waals surface area contributed by atoms with Crippen molar-refractivity contribution in [3.8, 4) is 11.5 Å². The van der Waals surface area contributed by atoms with Gasteiger partial charge in [-0.05, 0) is 12.1 Å². The van der Waals surface area contributed by atoms with Crippen LogP contribution in [0.2, 0.25) is 0 Å². The van der Waals surface area contributed by atoms with E-state index in [0.717, 1.165) is 11.3 Å². The molecule has 2 heteroatoms. The summed E-state index contributed by atoms with van der Waals surface area (Å²) in [5.41, 5.74) is 0.896. The third kappa shape index (κ3) is 0.862. The van der Waals surface area contributed by atoms with Crippen LogP contribution in [0, 0.1) is 6.07 Å². The second-order valence-electron chi connectivity index (χ2n) is 2.82. The largest absolute Gasteiger partial charge is 0.507 e. The first-order chi connectivity index (χ1) is 5.29. The van der Waals surface area contributed by atoms with E-state index in [1.54, 1.807) is 6.07 Å². The number of aromatic hydroxyl groups is 1. The number of fused-ring (bicyclic) bond motifs is 1. The van der Waals surface area contributed by atoms with E-state index in [1.807, 2.05) is 13.0 Å². The molecule has 11 heavy (non-hydrogen) atoms. The van der Waals surface area contributed by atoms with Gasteiger partial charge in [0.2, 0.25) is 0 Å². The maximum absolute atomic E-state index is 9.37. The van der Waals surface area contributed by atoms with Gasteiger partial charge in [0.25, 0.3) is 0 Å². The Morgan fingerprint density at radius 1 is 1.73 bits per heavy atom. The predicted molar refractivity (Wildman–Crippen MR) is 40.9 cm³/mol. The smallest absolute Gasteiger partial charge is 0.130 e. The molecule has 57 valence electrons. The first kappa shape index (κ1) is 6.53. The van der Waals surface area contributed by atoms with Crippen LogP contribution in [0.5, 0.6) is 11.5 Å². The molecule has 0 aromatic heterocycles. The Morgan fingerprint density at radius 3 is 3.27 bits per heavy atom. The quantitative estimate of drug-likeness (QED) is 0.608. The van der Waals surface area contributed by atoms with Crippen LogP contribution in [0.25, 0.3) is 0 Å². The molecule has 0 spiro atoms. The molecule has 0 saturated heterocycles. The van der Waals surface area contributed by atoms with Crippen molar-refractivity contribution in [2.75, 3.05) is 6.61 Å².